The Hall–Kier alpha value is -2.46. The van der Waals surface area contributed by atoms with Crippen molar-refractivity contribution in [2.75, 3.05) is 22.9 Å². The van der Waals surface area contributed by atoms with Gasteiger partial charge in [-0.1, -0.05) is 42.5 Å². The van der Waals surface area contributed by atoms with Gasteiger partial charge in [0.1, 0.15) is 11.9 Å². The van der Waals surface area contributed by atoms with Gasteiger partial charge in [0.05, 0.1) is 0 Å². The summed E-state index contributed by atoms with van der Waals surface area (Å²) in [7, 11) is 0. The summed E-state index contributed by atoms with van der Waals surface area (Å²) in [5, 5.41) is 9.59. The highest BCUT2D eigenvalue weighted by molar-refractivity contribution is 8.93. The molecule has 3 nitrogen and oxygen atoms in total. The molecule has 0 spiro atoms. The smallest absolute Gasteiger partial charge is 0.129 e. The Labute approximate surface area is 157 Å². The van der Waals surface area contributed by atoms with Crippen LogP contribution in [0.1, 0.15) is 11.7 Å². The number of phenols is 1. The van der Waals surface area contributed by atoms with Crippen LogP contribution in [-0.4, -0.2) is 18.2 Å². The third-order valence-electron chi connectivity index (χ3n) is 5.10. The van der Waals surface area contributed by atoms with Gasteiger partial charge in [-0.3, -0.25) is 0 Å². The minimum absolute atomic E-state index is 0. The van der Waals surface area contributed by atoms with Crippen LogP contribution in [0, 0.1) is 0 Å². The summed E-state index contributed by atoms with van der Waals surface area (Å²) in [6.07, 6.45) is 0.209. The van der Waals surface area contributed by atoms with E-state index in [-0.39, 0.29) is 23.1 Å². The molecule has 0 amide bonds. The van der Waals surface area contributed by atoms with Crippen LogP contribution in [0.15, 0.2) is 72.8 Å². The van der Waals surface area contributed by atoms with E-state index in [1.165, 1.54) is 22.4 Å². The van der Waals surface area contributed by atoms with Crippen molar-refractivity contribution in [3.8, 4) is 16.9 Å². The number of rotatable bonds is 1. The number of aromatic hydroxyl groups is 1. The molecule has 1 N–H and O–H groups in total. The zero-order valence-corrected chi connectivity index (χ0v) is 15.4. The van der Waals surface area contributed by atoms with E-state index < -0.39 is 0 Å². The molecular formula is C21H19BrN2O. The first-order valence-electron chi connectivity index (χ1n) is 8.33. The zero-order chi connectivity index (χ0) is 16.1. The molecule has 1 atom stereocenters. The summed E-state index contributed by atoms with van der Waals surface area (Å²) in [5.74, 6) is 0.309. The van der Waals surface area contributed by atoms with Gasteiger partial charge in [0.2, 0.25) is 0 Å². The molecule has 1 fully saturated rings. The second-order valence-electron chi connectivity index (χ2n) is 6.38. The summed E-state index contributed by atoms with van der Waals surface area (Å²) < 4.78 is 0. The second-order valence-corrected chi connectivity index (χ2v) is 6.38. The minimum Gasteiger partial charge on any atom is -0.508 e. The summed E-state index contributed by atoms with van der Waals surface area (Å²) in [6.45, 7) is 1.97. The van der Waals surface area contributed by atoms with Gasteiger partial charge in [-0.25, -0.2) is 0 Å². The number of phenolic OH excluding ortho intramolecular Hbond substituents is 1. The van der Waals surface area contributed by atoms with Crippen molar-refractivity contribution in [3.05, 3.63) is 78.4 Å². The first-order valence-corrected chi connectivity index (χ1v) is 8.33. The highest BCUT2D eigenvalue weighted by atomic mass is 79.9. The van der Waals surface area contributed by atoms with E-state index in [9.17, 15) is 5.11 Å². The van der Waals surface area contributed by atoms with Gasteiger partial charge in [-0.2, -0.15) is 0 Å². The average Bonchev–Trinajstić information content (AvgIpc) is 3.08. The molecule has 2 aliphatic heterocycles. The van der Waals surface area contributed by atoms with Crippen LogP contribution in [0.5, 0.6) is 5.75 Å². The van der Waals surface area contributed by atoms with Gasteiger partial charge in [0, 0.05) is 35.6 Å². The molecule has 5 rings (SSSR count). The first-order chi connectivity index (χ1) is 11.8. The van der Waals surface area contributed by atoms with Crippen molar-refractivity contribution in [1.82, 2.24) is 0 Å². The number of nitrogens with zero attached hydrogens (tertiary/aromatic N) is 2. The Morgan fingerprint density at radius 3 is 2.16 bits per heavy atom. The molecule has 1 saturated heterocycles. The maximum atomic E-state index is 9.59. The maximum absolute atomic E-state index is 9.59. The molecule has 0 radical (unpaired) electrons. The predicted octanol–water partition coefficient (Wildman–Crippen LogP) is 4.98. The monoisotopic (exact) mass is 394 g/mol. The highest BCUT2D eigenvalue weighted by Gasteiger charge is 2.39. The number of para-hydroxylation sites is 1. The average molecular weight is 395 g/mol. The lowest BCUT2D eigenvalue weighted by atomic mass is 9.91. The number of benzene rings is 3. The zero-order valence-electron chi connectivity index (χ0n) is 13.7. The van der Waals surface area contributed by atoms with E-state index in [2.05, 4.69) is 58.3 Å². The lowest BCUT2D eigenvalue weighted by Crippen LogP contribution is -2.33. The summed E-state index contributed by atoms with van der Waals surface area (Å²) in [6, 6.07) is 24.9. The highest BCUT2D eigenvalue weighted by Crippen LogP contribution is 2.48. The fourth-order valence-corrected chi connectivity index (χ4v) is 4.05. The van der Waals surface area contributed by atoms with Crippen molar-refractivity contribution in [2.45, 2.75) is 6.17 Å². The van der Waals surface area contributed by atoms with Crippen molar-refractivity contribution in [3.63, 3.8) is 0 Å². The number of halogens is 1. The Bertz CT molecular complexity index is 910. The Kier molecular flexibility index (Phi) is 3.92. The van der Waals surface area contributed by atoms with E-state index >= 15 is 0 Å². The number of anilines is 2. The molecule has 0 aromatic heterocycles. The molecule has 1 unspecified atom stereocenters. The van der Waals surface area contributed by atoms with E-state index in [1.807, 2.05) is 12.1 Å². The largest absolute Gasteiger partial charge is 0.508 e. The van der Waals surface area contributed by atoms with Crippen LogP contribution >= 0.6 is 17.0 Å². The van der Waals surface area contributed by atoms with E-state index in [4.69, 9.17) is 0 Å². The summed E-state index contributed by atoms with van der Waals surface area (Å²) in [4.78, 5) is 4.92. The van der Waals surface area contributed by atoms with Gasteiger partial charge in [-0.15, -0.1) is 17.0 Å². The van der Waals surface area contributed by atoms with Crippen LogP contribution < -0.4 is 9.80 Å². The molecule has 0 bridgehead atoms. The SMILES string of the molecule is Br.Oc1ccc(N2CCN3c4ccccc4-c4ccccc4C23)cc1. The Morgan fingerprint density at radius 2 is 1.36 bits per heavy atom. The third kappa shape index (κ3) is 2.40. The van der Waals surface area contributed by atoms with Crippen LogP contribution in [0.3, 0.4) is 0 Å². The normalized spacial score (nSPS) is 17.4. The quantitative estimate of drug-likeness (QED) is 0.630. The van der Waals surface area contributed by atoms with Gasteiger partial charge in [0.25, 0.3) is 0 Å². The summed E-state index contributed by atoms with van der Waals surface area (Å²) in [5.41, 5.74) is 6.44. The Morgan fingerprint density at radius 1 is 0.720 bits per heavy atom. The van der Waals surface area contributed by atoms with Crippen LogP contribution in [0.25, 0.3) is 11.1 Å². The fourth-order valence-electron chi connectivity index (χ4n) is 4.05. The molecule has 3 aromatic carbocycles. The fraction of sp³-hybridized carbons (Fsp3) is 0.143. The lowest BCUT2D eigenvalue weighted by molar-refractivity contribution is 0.475. The molecule has 4 heteroatoms. The topological polar surface area (TPSA) is 26.7 Å². The van der Waals surface area contributed by atoms with E-state index in [0.717, 1.165) is 18.8 Å². The second kappa shape index (κ2) is 6.12. The van der Waals surface area contributed by atoms with Gasteiger partial charge in [-0.05, 0) is 35.9 Å². The number of hydrogen-bond donors (Lipinski definition) is 1. The van der Waals surface area contributed by atoms with E-state index in [0.29, 0.717) is 5.75 Å². The molecule has 25 heavy (non-hydrogen) atoms. The molecule has 0 aliphatic carbocycles. The third-order valence-corrected chi connectivity index (χ3v) is 5.10. The first kappa shape index (κ1) is 16.0. The van der Waals surface area contributed by atoms with Crippen molar-refractivity contribution in [2.24, 2.45) is 0 Å². The standard InChI is InChI=1S/C21H18N2O.BrH/c24-16-11-9-15(10-12-16)22-13-14-23-20-8-4-3-6-18(20)17-5-1-2-7-19(17)21(22)23;/h1-12,21,24H,13-14H2;1H. The van der Waals surface area contributed by atoms with Crippen molar-refractivity contribution in [1.29, 1.82) is 0 Å². The number of fused-ring (bicyclic) bond motifs is 6. The molecule has 3 aromatic rings. The minimum atomic E-state index is 0. The predicted molar refractivity (Wildman–Crippen MR) is 108 cm³/mol. The van der Waals surface area contributed by atoms with E-state index in [1.54, 1.807) is 12.1 Å². The molecule has 2 heterocycles. The Balaban J connectivity index is 0.00000157. The number of hydrogen-bond acceptors (Lipinski definition) is 3. The van der Waals surface area contributed by atoms with Crippen LogP contribution in [-0.2, 0) is 0 Å². The summed E-state index contributed by atoms with van der Waals surface area (Å²) >= 11 is 0. The van der Waals surface area contributed by atoms with Crippen LogP contribution in [0.2, 0.25) is 0 Å². The lowest BCUT2D eigenvalue weighted by Gasteiger charge is -2.39. The van der Waals surface area contributed by atoms with Crippen molar-refractivity contribution < 1.29 is 5.11 Å². The molecular weight excluding hydrogens is 376 g/mol. The van der Waals surface area contributed by atoms with Gasteiger partial charge in [0.15, 0.2) is 0 Å². The van der Waals surface area contributed by atoms with Crippen molar-refractivity contribution >= 4 is 28.4 Å². The van der Waals surface area contributed by atoms with Gasteiger partial charge >= 0.3 is 0 Å². The molecule has 0 saturated carbocycles. The molecule has 2 aliphatic rings. The molecule has 126 valence electrons. The van der Waals surface area contributed by atoms with Gasteiger partial charge < -0.3 is 14.9 Å². The van der Waals surface area contributed by atoms with Crippen LogP contribution in [0.4, 0.5) is 11.4 Å². The maximum Gasteiger partial charge on any atom is 0.129 e.